The van der Waals surface area contributed by atoms with Crippen LogP contribution in [0.1, 0.15) is 42.3 Å². The lowest BCUT2D eigenvalue weighted by molar-refractivity contribution is 0.611. The van der Waals surface area contributed by atoms with E-state index < -0.39 is 0 Å². The summed E-state index contributed by atoms with van der Waals surface area (Å²) in [5.41, 5.74) is 9.50. The average molecular weight is 243 g/mol. The van der Waals surface area contributed by atoms with Crippen LogP contribution in [0.2, 0.25) is 0 Å². The number of hydrogen-bond donors (Lipinski definition) is 1. The highest BCUT2D eigenvalue weighted by Crippen LogP contribution is 2.27. The van der Waals surface area contributed by atoms with Crippen molar-refractivity contribution in [3.8, 4) is 5.82 Å². The SMILES string of the molecule is Cc1cc(-n2ncc3c2CCCCC3N)ncn1. The van der Waals surface area contributed by atoms with Crippen LogP contribution in [0.3, 0.4) is 0 Å². The highest BCUT2D eigenvalue weighted by molar-refractivity contribution is 5.32. The van der Waals surface area contributed by atoms with Gasteiger partial charge in [0.1, 0.15) is 6.33 Å². The summed E-state index contributed by atoms with van der Waals surface area (Å²) >= 11 is 0. The van der Waals surface area contributed by atoms with Crippen LogP contribution < -0.4 is 5.73 Å². The molecule has 0 amide bonds. The number of hydrogen-bond acceptors (Lipinski definition) is 4. The molecule has 0 spiro atoms. The highest BCUT2D eigenvalue weighted by Gasteiger charge is 2.20. The van der Waals surface area contributed by atoms with Gasteiger partial charge in [-0.3, -0.25) is 0 Å². The second-order valence-corrected chi connectivity index (χ2v) is 4.83. The minimum atomic E-state index is 0.110. The molecule has 2 heterocycles. The lowest BCUT2D eigenvalue weighted by atomic mass is 10.1. The van der Waals surface area contributed by atoms with E-state index in [1.165, 1.54) is 17.7 Å². The smallest absolute Gasteiger partial charge is 0.157 e. The van der Waals surface area contributed by atoms with E-state index in [9.17, 15) is 0 Å². The van der Waals surface area contributed by atoms with Gasteiger partial charge in [0.15, 0.2) is 5.82 Å². The maximum atomic E-state index is 6.18. The molecule has 18 heavy (non-hydrogen) atoms. The van der Waals surface area contributed by atoms with Gasteiger partial charge in [0, 0.05) is 23.4 Å². The second kappa shape index (κ2) is 4.49. The van der Waals surface area contributed by atoms with Crippen molar-refractivity contribution in [2.75, 3.05) is 0 Å². The fraction of sp³-hybridized carbons (Fsp3) is 0.462. The first-order valence-electron chi connectivity index (χ1n) is 6.37. The van der Waals surface area contributed by atoms with E-state index >= 15 is 0 Å². The number of rotatable bonds is 1. The zero-order valence-corrected chi connectivity index (χ0v) is 10.5. The van der Waals surface area contributed by atoms with Crippen LogP contribution in [-0.2, 0) is 6.42 Å². The molecule has 0 aromatic carbocycles. The number of nitrogens with zero attached hydrogens (tertiary/aromatic N) is 4. The van der Waals surface area contributed by atoms with Crippen molar-refractivity contribution in [3.05, 3.63) is 35.5 Å². The Hall–Kier alpha value is -1.75. The molecule has 5 nitrogen and oxygen atoms in total. The van der Waals surface area contributed by atoms with Crippen molar-refractivity contribution in [2.45, 2.75) is 38.6 Å². The van der Waals surface area contributed by atoms with E-state index in [4.69, 9.17) is 5.73 Å². The third-order valence-corrected chi connectivity index (χ3v) is 3.49. The van der Waals surface area contributed by atoms with Gasteiger partial charge in [-0.2, -0.15) is 5.10 Å². The van der Waals surface area contributed by atoms with Crippen molar-refractivity contribution in [3.63, 3.8) is 0 Å². The zero-order chi connectivity index (χ0) is 12.5. The molecule has 0 aliphatic heterocycles. The Kier molecular flexibility index (Phi) is 2.83. The predicted molar refractivity (Wildman–Crippen MR) is 68.4 cm³/mol. The molecule has 0 fully saturated rings. The first-order valence-corrected chi connectivity index (χ1v) is 6.37. The van der Waals surface area contributed by atoms with Gasteiger partial charge in [-0.15, -0.1) is 0 Å². The van der Waals surface area contributed by atoms with Crippen LogP contribution in [0.5, 0.6) is 0 Å². The van der Waals surface area contributed by atoms with Crippen molar-refractivity contribution in [1.82, 2.24) is 19.7 Å². The molecule has 0 saturated heterocycles. The summed E-state index contributed by atoms with van der Waals surface area (Å²) in [6, 6.07) is 2.06. The van der Waals surface area contributed by atoms with Gasteiger partial charge >= 0.3 is 0 Å². The fourth-order valence-corrected chi connectivity index (χ4v) is 2.51. The third-order valence-electron chi connectivity index (χ3n) is 3.49. The summed E-state index contributed by atoms with van der Waals surface area (Å²) in [4.78, 5) is 8.41. The first-order chi connectivity index (χ1) is 8.75. The molecule has 1 aliphatic rings. The van der Waals surface area contributed by atoms with Crippen LogP contribution in [-0.4, -0.2) is 19.7 Å². The summed E-state index contributed by atoms with van der Waals surface area (Å²) in [7, 11) is 0. The van der Waals surface area contributed by atoms with E-state index in [1.54, 1.807) is 6.33 Å². The third kappa shape index (κ3) is 1.90. The molecule has 0 bridgehead atoms. The van der Waals surface area contributed by atoms with E-state index in [-0.39, 0.29) is 6.04 Å². The highest BCUT2D eigenvalue weighted by atomic mass is 15.3. The summed E-state index contributed by atoms with van der Waals surface area (Å²) in [5, 5.41) is 4.45. The molecule has 2 aromatic heterocycles. The minimum Gasteiger partial charge on any atom is -0.324 e. The molecule has 5 heteroatoms. The molecule has 1 atom stereocenters. The minimum absolute atomic E-state index is 0.110. The van der Waals surface area contributed by atoms with Gasteiger partial charge in [-0.1, -0.05) is 6.42 Å². The molecule has 2 aromatic rings. The monoisotopic (exact) mass is 243 g/mol. The van der Waals surface area contributed by atoms with E-state index in [0.29, 0.717) is 0 Å². The van der Waals surface area contributed by atoms with Crippen LogP contribution >= 0.6 is 0 Å². The molecule has 1 aliphatic carbocycles. The Labute approximate surface area is 106 Å². The average Bonchev–Trinajstić information content (AvgIpc) is 2.70. The lowest BCUT2D eigenvalue weighted by Crippen LogP contribution is -2.11. The number of aryl methyl sites for hydroxylation is 1. The van der Waals surface area contributed by atoms with Crippen molar-refractivity contribution in [1.29, 1.82) is 0 Å². The normalized spacial score (nSPS) is 19.3. The Morgan fingerprint density at radius 1 is 1.33 bits per heavy atom. The number of fused-ring (bicyclic) bond motifs is 1. The van der Waals surface area contributed by atoms with Gasteiger partial charge in [0.25, 0.3) is 0 Å². The molecule has 1 unspecified atom stereocenters. The molecule has 0 radical (unpaired) electrons. The predicted octanol–water partition coefficient (Wildman–Crippen LogP) is 1.70. The zero-order valence-electron chi connectivity index (χ0n) is 10.5. The van der Waals surface area contributed by atoms with Gasteiger partial charge in [-0.25, -0.2) is 14.6 Å². The number of aromatic nitrogens is 4. The molecule has 94 valence electrons. The van der Waals surface area contributed by atoms with Crippen LogP contribution in [0.25, 0.3) is 5.82 Å². The van der Waals surface area contributed by atoms with E-state index in [1.807, 2.05) is 23.9 Å². The summed E-state index contributed by atoms with van der Waals surface area (Å²) < 4.78 is 1.91. The molecular weight excluding hydrogens is 226 g/mol. The topological polar surface area (TPSA) is 69.6 Å². The van der Waals surface area contributed by atoms with Crippen molar-refractivity contribution >= 4 is 0 Å². The van der Waals surface area contributed by atoms with Crippen LogP contribution in [0, 0.1) is 6.92 Å². The summed E-state index contributed by atoms with van der Waals surface area (Å²) in [6.07, 6.45) is 7.88. The largest absolute Gasteiger partial charge is 0.324 e. The second-order valence-electron chi connectivity index (χ2n) is 4.83. The summed E-state index contributed by atoms with van der Waals surface area (Å²) in [5.74, 6) is 0.831. The molecular formula is C13H17N5. The lowest BCUT2D eigenvalue weighted by Gasteiger charge is -2.09. The van der Waals surface area contributed by atoms with Gasteiger partial charge < -0.3 is 5.73 Å². The Morgan fingerprint density at radius 3 is 3.06 bits per heavy atom. The van der Waals surface area contributed by atoms with Gasteiger partial charge in [0.05, 0.1) is 11.9 Å². The molecule has 0 saturated carbocycles. The fourth-order valence-electron chi connectivity index (χ4n) is 2.51. The molecule has 3 rings (SSSR count). The van der Waals surface area contributed by atoms with Gasteiger partial charge in [-0.05, 0) is 26.2 Å². The van der Waals surface area contributed by atoms with Crippen LogP contribution in [0.15, 0.2) is 18.6 Å². The maximum absolute atomic E-state index is 6.18. The Bertz CT molecular complexity index is 560. The van der Waals surface area contributed by atoms with Gasteiger partial charge in [0.2, 0.25) is 0 Å². The number of nitrogens with two attached hydrogens (primary N) is 1. The van der Waals surface area contributed by atoms with E-state index in [0.717, 1.165) is 30.8 Å². The Morgan fingerprint density at radius 2 is 2.22 bits per heavy atom. The van der Waals surface area contributed by atoms with Crippen molar-refractivity contribution < 1.29 is 0 Å². The quantitative estimate of drug-likeness (QED) is 0.774. The standard InChI is InChI=1S/C13H17N5/c1-9-6-13(16-8-15-9)18-12-5-3-2-4-11(14)10(12)7-17-18/h6-8,11H,2-5,14H2,1H3. The first kappa shape index (κ1) is 11.3. The van der Waals surface area contributed by atoms with E-state index in [2.05, 4.69) is 15.1 Å². The summed E-state index contributed by atoms with van der Waals surface area (Å²) in [6.45, 7) is 1.96. The maximum Gasteiger partial charge on any atom is 0.157 e. The molecule has 2 N–H and O–H groups in total. The van der Waals surface area contributed by atoms with Crippen molar-refractivity contribution in [2.24, 2.45) is 5.73 Å². The van der Waals surface area contributed by atoms with Crippen LogP contribution in [0.4, 0.5) is 0 Å². The Balaban J connectivity index is 2.09.